The van der Waals surface area contributed by atoms with E-state index >= 15 is 0 Å². The average Bonchev–Trinajstić information content (AvgIpc) is 3.07. The number of nitriles is 3. The van der Waals surface area contributed by atoms with Crippen molar-refractivity contribution in [2.24, 2.45) is 5.92 Å². The lowest BCUT2D eigenvalue weighted by molar-refractivity contribution is 0.0202. The summed E-state index contributed by atoms with van der Waals surface area (Å²) < 4.78 is 17.1. The Morgan fingerprint density at radius 1 is 1.09 bits per heavy atom. The molecule has 33 heavy (non-hydrogen) atoms. The molecule has 4 unspecified atom stereocenters. The van der Waals surface area contributed by atoms with E-state index in [4.69, 9.17) is 4.52 Å². The minimum absolute atomic E-state index is 0.0325. The van der Waals surface area contributed by atoms with Crippen LogP contribution >= 0.6 is 7.82 Å². The van der Waals surface area contributed by atoms with Gasteiger partial charge in [-0.3, -0.25) is 4.52 Å². The van der Waals surface area contributed by atoms with E-state index in [-0.39, 0.29) is 24.8 Å². The molecule has 4 rings (SSSR count). The summed E-state index contributed by atoms with van der Waals surface area (Å²) in [6.07, 6.45) is 2.69. The van der Waals surface area contributed by atoms with Crippen molar-refractivity contribution in [3.63, 3.8) is 0 Å². The van der Waals surface area contributed by atoms with Gasteiger partial charge in [0.15, 0.2) is 0 Å². The van der Waals surface area contributed by atoms with Crippen LogP contribution < -0.4 is 4.90 Å². The van der Waals surface area contributed by atoms with E-state index in [1.807, 2.05) is 30.3 Å². The van der Waals surface area contributed by atoms with Crippen LogP contribution in [0, 0.1) is 39.9 Å². The molecule has 0 spiro atoms. The summed E-state index contributed by atoms with van der Waals surface area (Å²) in [5.41, 5.74) is 0.946. The normalized spacial score (nSPS) is 26.5. The molecular formula is C24H25N4O4P. The predicted molar refractivity (Wildman–Crippen MR) is 122 cm³/mol. The first-order valence-corrected chi connectivity index (χ1v) is 12.6. The van der Waals surface area contributed by atoms with Gasteiger partial charge in [-0.1, -0.05) is 24.3 Å². The van der Waals surface area contributed by atoms with Crippen LogP contribution in [0.1, 0.15) is 50.5 Å². The third-order valence-corrected chi connectivity index (χ3v) is 7.73. The summed E-state index contributed by atoms with van der Waals surface area (Å²) >= 11 is 0. The zero-order valence-corrected chi connectivity index (χ0v) is 19.0. The van der Waals surface area contributed by atoms with Crippen molar-refractivity contribution in [1.29, 1.82) is 15.8 Å². The molecule has 2 fully saturated rings. The topological polar surface area (TPSA) is 141 Å². The Labute approximate surface area is 192 Å². The molecule has 0 saturated carbocycles. The second-order valence-corrected chi connectivity index (χ2v) is 9.98. The SMILES string of the molecule is N#CCCC1C(OP(=O)(O)O)CC2CCC1(CCC#N)N2c1ccc(C#N)c2ccccc12. The fraction of sp³-hybridized carbons (Fsp3) is 0.458. The van der Waals surface area contributed by atoms with Gasteiger partial charge < -0.3 is 14.7 Å². The van der Waals surface area contributed by atoms with Gasteiger partial charge in [-0.2, -0.15) is 15.8 Å². The zero-order valence-electron chi connectivity index (χ0n) is 18.1. The van der Waals surface area contributed by atoms with E-state index < -0.39 is 19.5 Å². The van der Waals surface area contributed by atoms with Gasteiger partial charge in [0, 0.05) is 46.8 Å². The zero-order chi connectivity index (χ0) is 23.6. The lowest BCUT2D eigenvalue weighted by Crippen LogP contribution is -2.61. The molecule has 0 amide bonds. The Hall–Kier alpha value is -2.92. The molecule has 0 aromatic heterocycles. The summed E-state index contributed by atoms with van der Waals surface area (Å²) in [5.74, 6) is -0.328. The number of anilines is 1. The molecule has 2 bridgehead atoms. The first-order valence-electron chi connectivity index (χ1n) is 11.0. The first-order chi connectivity index (χ1) is 15.8. The molecule has 2 aliphatic heterocycles. The number of hydrogen-bond acceptors (Lipinski definition) is 6. The highest BCUT2D eigenvalue weighted by Crippen LogP contribution is 2.57. The maximum Gasteiger partial charge on any atom is 0.469 e. The molecule has 2 aliphatic rings. The molecule has 2 heterocycles. The smallest absolute Gasteiger partial charge is 0.362 e. The van der Waals surface area contributed by atoms with E-state index in [2.05, 4.69) is 23.1 Å². The van der Waals surface area contributed by atoms with E-state index in [0.717, 1.165) is 29.3 Å². The van der Waals surface area contributed by atoms with Crippen LogP contribution in [0.15, 0.2) is 36.4 Å². The predicted octanol–water partition coefficient (Wildman–Crippen LogP) is 4.52. The molecule has 170 valence electrons. The number of nitrogens with zero attached hydrogens (tertiary/aromatic N) is 4. The van der Waals surface area contributed by atoms with Crippen LogP contribution in [-0.4, -0.2) is 27.5 Å². The molecule has 2 saturated heterocycles. The number of piperidine rings is 1. The fourth-order valence-electron chi connectivity index (χ4n) is 6.09. The molecular weight excluding hydrogens is 439 g/mol. The minimum atomic E-state index is -4.73. The summed E-state index contributed by atoms with van der Waals surface area (Å²) in [4.78, 5) is 21.5. The third-order valence-electron chi connectivity index (χ3n) is 7.19. The Morgan fingerprint density at radius 2 is 1.82 bits per heavy atom. The summed E-state index contributed by atoms with van der Waals surface area (Å²) in [6.45, 7) is 0. The van der Waals surface area contributed by atoms with Gasteiger partial charge in [-0.25, -0.2) is 4.57 Å². The van der Waals surface area contributed by atoms with Gasteiger partial charge in [0.25, 0.3) is 0 Å². The lowest BCUT2D eigenvalue weighted by Gasteiger charge is -2.54. The standard InChI is InChI=1S/C24H25N4O4P/c25-13-3-7-21-23(32-33(29,30)31)15-18-10-12-24(21,11-4-14-26)28(18)22-9-8-17(16-27)19-5-1-2-6-20(19)22/h1-2,5-6,8-9,18,21,23H,3-4,7,10-12,15H2,(H2,29,30,31). The van der Waals surface area contributed by atoms with Gasteiger partial charge in [-0.15, -0.1) is 0 Å². The van der Waals surface area contributed by atoms with Crippen LogP contribution in [0.5, 0.6) is 0 Å². The van der Waals surface area contributed by atoms with Crippen LogP contribution in [0.4, 0.5) is 5.69 Å². The quantitative estimate of drug-likeness (QED) is 0.570. The van der Waals surface area contributed by atoms with E-state index in [9.17, 15) is 30.1 Å². The van der Waals surface area contributed by atoms with E-state index in [1.165, 1.54) is 0 Å². The Bertz CT molecular complexity index is 1220. The van der Waals surface area contributed by atoms with Crippen molar-refractivity contribution in [2.75, 3.05) is 4.90 Å². The maximum absolute atomic E-state index is 11.8. The van der Waals surface area contributed by atoms with Gasteiger partial charge in [0.05, 0.1) is 29.9 Å². The van der Waals surface area contributed by atoms with Crippen LogP contribution in [0.3, 0.4) is 0 Å². The molecule has 2 N–H and O–H groups in total. The molecule has 2 aromatic carbocycles. The largest absolute Gasteiger partial charge is 0.469 e. The Morgan fingerprint density at radius 3 is 2.48 bits per heavy atom. The Kier molecular flexibility index (Phi) is 6.44. The minimum Gasteiger partial charge on any atom is -0.362 e. The number of benzene rings is 2. The third kappa shape index (κ3) is 4.22. The van der Waals surface area contributed by atoms with Gasteiger partial charge >= 0.3 is 7.82 Å². The van der Waals surface area contributed by atoms with Crippen molar-refractivity contribution >= 4 is 24.3 Å². The Balaban J connectivity index is 1.88. The monoisotopic (exact) mass is 464 g/mol. The van der Waals surface area contributed by atoms with E-state index in [0.29, 0.717) is 24.8 Å². The maximum atomic E-state index is 11.8. The molecule has 8 nitrogen and oxygen atoms in total. The van der Waals surface area contributed by atoms with Crippen LogP contribution in [0.25, 0.3) is 10.8 Å². The highest BCUT2D eigenvalue weighted by Gasteiger charge is 2.58. The van der Waals surface area contributed by atoms with Crippen molar-refractivity contribution in [3.8, 4) is 18.2 Å². The second-order valence-electron chi connectivity index (χ2n) is 8.79. The van der Waals surface area contributed by atoms with Gasteiger partial charge in [-0.05, 0) is 44.2 Å². The van der Waals surface area contributed by atoms with Crippen molar-refractivity contribution in [1.82, 2.24) is 0 Å². The summed E-state index contributed by atoms with van der Waals surface area (Å²) in [6, 6.07) is 18.1. The number of fused-ring (bicyclic) bond motifs is 3. The molecule has 4 atom stereocenters. The highest BCUT2D eigenvalue weighted by molar-refractivity contribution is 7.46. The first kappa shape index (κ1) is 23.2. The number of hydrogen-bond donors (Lipinski definition) is 2. The van der Waals surface area contributed by atoms with Crippen LogP contribution in [0.2, 0.25) is 0 Å². The van der Waals surface area contributed by atoms with Gasteiger partial charge in [0.2, 0.25) is 0 Å². The lowest BCUT2D eigenvalue weighted by atomic mass is 9.70. The number of rotatable bonds is 7. The van der Waals surface area contributed by atoms with E-state index in [1.54, 1.807) is 6.07 Å². The average molecular weight is 464 g/mol. The molecule has 0 radical (unpaired) electrons. The number of phosphoric ester groups is 1. The van der Waals surface area contributed by atoms with Gasteiger partial charge in [0.1, 0.15) is 0 Å². The molecule has 2 aromatic rings. The van der Waals surface area contributed by atoms with Crippen molar-refractivity contribution in [3.05, 3.63) is 42.0 Å². The summed E-state index contributed by atoms with van der Waals surface area (Å²) in [7, 11) is -4.73. The van der Waals surface area contributed by atoms with Crippen molar-refractivity contribution < 1.29 is 18.9 Å². The van der Waals surface area contributed by atoms with Crippen molar-refractivity contribution in [2.45, 2.75) is 62.6 Å². The highest BCUT2D eigenvalue weighted by atomic mass is 31.2. The second kappa shape index (κ2) is 9.14. The van der Waals surface area contributed by atoms with Crippen LogP contribution in [-0.2, 0) is 9.09 Å². The molecule has 0 aliphatic carbocycles. The molecule has 9 heteroatoms. The number of phosphoric acid groups is 1. The fourth-order valence-corrected chi connectivity index (χ4v) is 6.68. The summed E-state index contributed by atoms with van der Waals surface area (Å²) in [5, 5.41) is 30.1.